The number of benzene rings is 1. The topological polar surface area (TPSA) is 58.6 Å². The number of rotatable bonds is 7. The Morgan fingerprint density at radius 1 is 1.19 bits per heavy atom. The average molecular weight is 300 g/mol. The molecule has 0 aliphatic rings. The molecule has 0 aliphatic heterocycles. The summed E-state index contributed by atoms with van der Waals surface area (Å²) in [5.41, 5.74) is 0.158. The maximum absolute atomic E-state index is 13.0. The van der Waals surface area contributed by atoms with Crippen molar-refractivity contribution in [2.45, 2.75) is 13.8 Å². The van der Waals surface area contributed by atoms with Crippen molar-refractivity contribution in [3.63, 3.8) is 0 Å². The average Bonchev–Trinajstić information content (AvgIpc) is 2.42. The molecule has 1 aromatic rings. The van der Waals surface area contributed by atoms with Crippen molar-refractivity contribution >= 4 is 17.6 Å². The fourth-order valence-electron chi connectivity index (χ4n) is 1.65. The van der Waals surface area contributed by atoms with Crippen LogP contribution in [0.1, 0.15) is 13.8 Å². The quantitative estimate of drug-likeness (QED) is 0.780. The highest BCUT2D eigenvalue weighted by Crippen LogP contribution is 2.12. The molecule has 0 radical (unpaired) electrons. The molecular weight excluding hydrogens is 282 g/mol. The Morgan fingerprint density at radius 2 is 1.90 bits per heavy atom. The highest BCUT2D eigenvalue weighted by Gasteiger charge is 2.14. The molecule has 0 saturated carbocycles. The lowest BCUT2D eigenvalue weighted by atomic mass is 10.3. The van der Waals surface area contributed by atoms with Gasteiger partial charge in [0.1, 0.15) is 0 Å². The lowest BCUT2D eigenvalue weighted by Crippen LogP contribution is -2.37. The highest BCUT2D eigenvalue weighted by atomic mass is 19.2. The van der Waals surface area contributed by atoms with Gasteiger partial charge in [-0.1, -0.05) is 6.92 Å². The van der Waals surface area contributed by atoms with Crippen molar-refractivity contribution < 1.29 is 23.1 Å². The van der Waals surface area contributed by atoms with Gasteiger partial charge in [0.25, 0.3) is 0 Å². The maximum atomic E-state index is 13.0. The van der Waals surface area contributed by atoms with Crippen molar-refractivity contribution in [1.29, 1.82) is 0 Å². The van der Waals surface area contributed by atoms with E-state index in [0.717, 1.165) is 12.1 Å². The molecule has 0 spiro atoms. The molecule has 0 saturated heterocycles. The summed E-state index contributed by atoms with van der Waals surface area (Å²) >= 11 is 0. The number of likely N-dealkylation sites (N-methyl/N-ethyl adjacent to an activating group) is 1. The van der Waals surface area contributed by atoms with Crippen LogP contribution in [0.15, 0.2) is 18.2 Å². The van der Waals surface area contributed by atoms with E-state index >= 15 is 0 Å². The van der Waals surface area contributed by atoms with Crippen LogP contribution in [-0.4, -0.2) is 43.0 Å². The molecule has 0 aliphatic carbocycles. The third-order valence-corrected chi connectivity index (χ3v) is 2.68. The second-order valence-electron chi connectivity index (χ2n) is 4.29. The maximum Gasteiger partial charge on any atom is 0.320 e. The van der Waals surface area contributed by atoms with E-state index in [1.807, 2.05) is 0 Å². The number of anilines is 1. The number of esters is 1. The first-order valence-corrected chi connectivity index (χ1v) is 6.59. The second-order valence-corrected chi connectivity index (χ2v) is 4.29. The molecule has 1 rings (SSSR count). The van der Waals surface area contributed by atoms with Gasteiger partial charge in [0.2, 0.25) is 5.91 Å². The van der Waals surface area contributed by atoms with Gasteiger partial charge in [-0.25, -0.2) is 8.78 Å². The summed E-state index contributed by atoms with van der Waals surface area (Å²) in [6.45, 7) is 4.19. The Balaban J connectivity index is 2.54. The number of nitrogens with zero attached hydrogens (tertiary/aromatic N) is 1. The fourth-order valence-corrected chi connectivity index (χ4v) is 1.65. The molecule has 1 amide bonds. The number of ether oxygens (including phenoxy) is 1. The number of amides is 1. The Morgan fingerprint density at radius 3 is 2.48 bits per heavy atom. The van der Waals surface area contributed by atoms with Crippen LogP contribution in [0.25, 0.3) is 0 Å². The lowest BCUT2D eigenvalue weighted by molar-refractivity contribution is -0.144. The zero-order chi connectivity index (χ0) is 15.8. The lowest BCUT2D eigenvalue weighted by Gasteiger charge is -2.18. The summed E-state index contributed by atoms with van der Waals surface area (Å²) < 4.78 is 30.6. The van der Waals surface area contributed by atoms with Crippen molar-refractivity contribution in [3.8, 4) is 0 Å². The molecular formula is C14H18F2N2O3. The predicted molar refractivity (Wildman–Crippen MR) is 73.7 cm³/mol. The number of carbonyl (C=O) groups is 2. The van der Waals surface area contributed by atoms with Crippen LogP contribution in [0.2, 0.25) is 0 Å². The summed E-state index contributed by atoms with van der Waals surface area (Å²) in [5.74, 6) is -2.86. The van der Waals surface area contributed by atoms with Crippen molar-refractivity contribution in [2.24, 2.45) is 0 Å². The largest absolute Gasteiger partial charge is 0.465 e. The molecule has 0 atom stereocenters. The first-order chi connectivity index (χ1) is 9.96. The summed E-state index contributed by atoms with van der Waals surface area (Å²) in [4.78, 5) is 24.7. The zero-order valence-corrected chi connectivity index (χ0v) is 12.0. The van der Waals surface area contributed by atoms with Crippen molar-refractivity contribution in [3.05, 3.63) is 29.8 Å². The predicted octanol–water partition coefficient (Wildman–Crippen LogP) is 1.79. The van der Waals surface area contributed by atoms with E-state index in [-0.39, 0.29) is 25.4 Å². The van der Waals surface area contributed by atoms with E-state index in [1.165, 1.54) is 6.07 Å². The standard InChI is InChI=1S/C14H18F2N2O3/c1-3-18(9-14(20)21-4-2)8-13(19)17-10-5-6-11(15)12(16)7-10/h5-7H,3-4,8-9H2,1-2H3,(H,17,19). The Kier molecular flexibility index (Phi) is 6.74. The smallest absolute Gasteiger partial charge is 0.320 e. The molecule has 1 N–H and O–H groups in total. The third kappa shape index (κ3) is 5.86. The number of halogens is 2. The van der Waals surface area contributed by atoms with Crippen LogP contribution < -0.4 is 5.32 Å². The number of hydrogen-bond acceptors (Lipinski definition) is 4. The minimum absolute atomic E-state index is 0.00443. The first-order valence-electron chi connectivity index (χ1n) is 6.59. The minimum atomic E-state index is -1.04. The monoisotopic (exact) mass is 300 g/mol. The number of carbonyl (C=O) groups excluding carboxylic acids is 2. The van der Waals surface area contributed by atoms with Gasteiger partial charge in [0.05, 0.1) is 19.7 Å². The van der Waals surface area contributed by atoms with E-state index in [9.17, 15) is 18.4 Å². The fraction of sp³-hybridized carbons (Fsp3) is 0.429. The summed E-state index contributed by atoms with van der Waals surface area (Å²) in [7, 11) is 0. The molecule has 0 fully saturated rings. The summed E-state index contributed by atoms with van der Waals surface area (Å²) in [6.07, 6.45) is 0. The van der Waals surface area contributed by atoms with Gasteiger partial charge in [-0.3, -0.25) is 14.5 Å². The molecule has 116 valence electrons. The molecule has 7 heteroatoms. The zero-order valence-electron chi connectivity index (χ0n) is 12.0. The van der Waals surface area contributed by atoms with Gasteiger partial charge in [-0.05, 0) is 25.6 Å². The molecule has 21 heavy (non-hydrogen) atoms. The normalized spacial score (nSPS) is 10.5. The van der Waals surface area contributed by atoms with Crippen LogP contribution in [-0.2, 0) is 14.3 Å². The number of hydrogen-bond donors (Lipinski definition) is 1. The molecule has 5 nitrogen and oxygen atoms in total. The van der Waals surface area contributed by atoms with Crippen LogP contribution in [0.5, 0.6) is 0 Å². The van der Waals surface area contributed by atoms with Gasteiger partial charge in [0.15, 0.2) is 11.6 Å². The van der Waals surface area contributed by atoms with Gasteiger partial charge in [0, 0.05) is 11.8 Å². The molecule has 0 bridgehead atoms. The third-order valence-electron chi connectivity index (χ3n) is 2.68. The van der Waals surface area contributed by atoms with Gasteiger partial charge < -0.3 is 10.1 Å². The first kappa shape index (κ1) is 17.0. The molecule has 0 aromatic heterocycles. The van der Waals surface area contributed by atoms with Crippen LogP contribution in [0.4, 0.5) is 14.5 Å². The van der Waals surface area contributed by atoms with E-state index < -0.39 is 23.5 Å². The van der Waals surface area contributed by atoms with Crippen LogP contribution >= 0.6 is 0 Å². The van der Waals surface area contributed by atoms with Gasteiger partial charge in [-0.15, -0.1) is 0 Å². The summed E-state index contributed by atoms with van der Waals surface area (Å²) in [6, 6.07) is 3.09. The van der Waals surface area contributed by atoms with E-state index in [1.54, 1.807) is 18.7 Å². The Labute approximate surface area is 121 Å². The molecule has 1 aromatic carbocycles. The van der Waals surface area contributed by atoms with E-state index in [2.05, 4.69) is 5.32 Å². The van der Waals surface area contributed by atoms with Crippen LogP contribution in [0.3, 0.4) is 0 Å². The van der Waals surface area contributed by atoms with E-state index in [4.69, 9.17) is 4.74 Å². The second kappa shape index (κ2) is 8.31. The molecule has 0 heterocycles. The summed E-state index contributed by atoms with van der Waals surface area (Å²) in [5, 5.41) is 2.44. The molecule has 0 unspecified atom stereocenters. The number of nitrogens with one attached hydrogen (secondary N) is 1. The highest BCUT2D eigenvalue weighted by molar-refractivity contribution is 5.92. The van der Waals surface area contributed by atoms with Gasteiger partial charge >= 0.3 is 5.97 Å². The van der Waals surface area contributed by atoms with Crippen LogP contribution in [0, 0.1) is 11.6 Å². The van der Waals surface area contributed by atoms with Crippen molar-refractivity contribution in [2.75, 3.05) is 31.6 Å². The Bertz CT molecular complexity index is 509. The van der Waals surface area contributed by atoms with E-state index in [0.29, 0.717) is 6.54 Å². The minimum Gasteiger partial charge on any atom is -0.465 e. The Hall–Kier alpha value is -2.02. The van der Waals surface area contributed by atoms with Crippen molar-refractivity contribution in [1.82, 2.24) is 4.90 Å². The SMILES string of the molecule is CCOC(=O)CN(CC)CC(=O)Nc1ccc(F)c(F)c1. The van der Waals surface area contributed by atoms with Gasteiger partial charge in [-0.2, -0.15) is 0 Å².